The fourth-order valence-electron chi connectivity index (χ4n) is 3.74. The van der Waals surface area contributed by atoms with Gasteiger partial charge in [-0.3, -0.25) is 0 Å². The van der Waals surface area contributed by atoms with Crippen molar-refractivity contribution in [3.05, 3.63) is 69.2 Å². The topological polar surface area (TPSA) is 73.9 Å². The zero-order valence-electron chi connectivity index (χ0n) is 24.1. The third-order valence-electron chi connectivity index (χ3n) is 6.22. The molecule has 0 aliphatic carbocycles. The second-order valence-electron chi connectivity index (χ2n) is 10.8. The molecular weight excluding hydrogens is 712 g/mol. The maximum atomic E-state index is 13.8. The zero-order chi connectivity index (χ0) is 32.6. The number of nitrogens with zero attached hydrogens (tertiary/aromatic N) is 1. The number of halogens is 10. The van der Waals surface area contributed by atoms with Crippen LogP contribution in [0, 0.1) is 11.6 Å². The molecule has 1 atom stereocenters. The van der Waals surface area contributed by atoms with Gasteiger partial charge < -0.3 is 15.2 Å². The third kappa shape index (κ3) is 12.6. The van der Waals surface area contributed by atoms with E-state index in [0.717, 1.165) is 49.4 Å². The van der Waals surface area contributed by atoms with E-state index in [1.807, 2.05) is 20.8 Å². The van der Waals surface area contributed by atoms with Crippen molar-refractivity contribution in [2.75, 3.05) is 26.4 Å². The van der Waals surface area contributed by atoms with E-state index < -0.39 is 51.6 Å². The lowest BCUT2D eigenvalue weighted by Gasteiger charge is -2.34. The summed E-state index contributed by atoms with van der Waals surface area (Å²) in [5, 5.41) is 0. The van der Waals surface area contributed by atoms with Crippen LogP contribution in [-0.4, -0.2) is 41.1 Å². The Morgan fingerprint density at radius 1 is 0.864 bits per heavy atom. The molecule has 44 heavy (non-hydrogen) atoms. The van der Waals surface area contributed by atoms with Gasteiger partial charge >= 0.3 is 12.4 Å². The first-order chi connectivity index (χ1) is 19.7. The van der Waals surface area contributed by atoms with E-state index in [1.54, 1.807) is 0 Å². The number of benzene rings is 2. The summed E-state index contributed by atoms with van der Waals surface area (Å²) in [6.45, 7) is 7.92. The van der Waals surface area contributed by atoms with Gasteiger partial charge in [0.05, 0.1) is 32.7 Å². The summed E-state index contributed by atoms with van der Waals surface area (Å²) < 4.78 is 125. The van der Waals surface area contributed by atoms with Gasteiger partial charge in [-0.25, -0.2) is 13.0 Å². The van der Waals surface area contributed by atoms with E-state index in [2.05, 4.69) is 20.3 Å². The standard InChI is InChI=1S/C12H13F4NO.C9H17NO2S.C7H3BrF4.ClH/c13-10-7-8(12(14,15)16)1-2-9(10)11(17)3-5-18-6-4-11;1-9(2,3)13(11)10-8-5-4-6-12-7-8;8-5-2-1-4(3-6(5)9)7(10,11)12;/h1-2,7H,3-6,17H2;4-7H2,1-3H3;1-3H;1H. The Morgan fingerprint density at radius 2 is 1.39 bits per heavy atom. The van der Waals surface area contributed by atoms with Crippen LogP contribution in [0.2, 0.25) is 0 Å². The lowest BCUT2D eigenvalue weighted by Crippen LogP contribution is -2.42. The number of alkyl halides is 6. The van der Waals surface area contributed by atoms with Crippen molar-refractivity contribution in [3.63, 3.8) is 0 Å². The summed E-state index contributed by atoms with van der Waals surface area (Å²) in [4.78, 5) is 0. The molecule has 2 aliphatic rings. The summed E-state index contributed by atoms with van der Waals surface area (Å²) in [6, 6.07) is 4.78. The summed E-state index contributed by atoms with van der Waals surface area (Å²) in [5.74, 6) is -1.82. The van der Waals surface area contributed by atoms with Crippen LogP contribution in [0.5, 0.6) is 0 Å². The molecule has 0 bridgehead atoms. The summed E-state index contributed by atoms with van der Waals surface area (Å²) in [6.07, 6.45) is -6.30. The van der Waals surface area contributed by atoms with Gasteiger partial charge in [0.25, 0.3) is 0 Å². The van der Waals surface area contributed by atoms with Gasteiger partial charge in [-0.05, 0) is 92.7 Å². The quantitative estimate of drug-likeness (QED) is 0.313. The first-order valence-electron chi connectivity index (χ1n) is 13.1. The highest BCUT2D eigenvalue weighted by atomic mass is 79.9. The second kappa shape index (κ2) is 16.8. The third-order valence-corrected chi connectivity index (χ3v) is 8.34. The van der Waals surface area contributed by atoms with Crippen molar-refractivity contribution < 1.29 is 48.8 Å². The highest BCUT2D eigenvalue weighted by Gasteiger charge is 2.36. The number of hydrogen-bond acceptors (Lipinski definition) is 4. The molecule has 2 fully saturated rings. The minimum atomic E-state index is -4.54. The highest BCUT2D eigenvalue weighted by Crippen LogP contribution is 2.35. The number of nitrogens with two attached hydrogens (primary N) is 1. The Hall–Kier alpha value is -1.65. The molecule has 250 valence electrons. The molecule has 2 aromatic rings. The van der Waals surface area contributed by atoms with E-state index in [1.165, 1.54) is 0 Å². The summed E-state index contributed by atoms with van der Waals surface area (Å²) in [7, 11) is -1.13. The lowest BCUT2D eigenvalue weighted by molar-refractivity contribution is -0.138. The molecule has 2 aliphatic heterocycles. The molecule has 5 nitrogen and oxygen atoms in total. The van der Waals surface area contributed by atoms with Crippen LogP contribution >= 0.6 is 28.3 Å². The van der Waals surface area contributed by atoms with Crippen LogP contribution in [0.3, 0.4) is 0 Å². The van der Waals surface area contributed by atoms with Crippen LogP contribution in [0.15, 0.2) is 45.3 Å². The SMILES string of the molecule is CC(C)(C)S(=O)N=C1CCCOC1.Cl.Fc1cc(C(F)(F)F)ccc1Br.NC1(c2ccc(C(F)(F)F)cc2F)CCOCC1. The molecule has 0 radical (unpaired) electrons. The summed E-state index contributed by atoms with van der Waals surface area (Å²) >= 11 is 2.75. The van der Waals surface area contributed by atoms with Crippen molar-refractivity contribution in [1.82, 2.24) is 0 Å². The maximum absolute atomic E-state index is 13.8. The van der Waals surface area contributed by atoms with Crippen molar-refractivity contribution in [1.29, 1.82) is 0 Å². The molecule has 0 saturated carbocycles. The molecule has 0 amide bonds. The fourth-order valence-corrected chi connectivity index (χ4v) is 4.64. The van der Waals surface area contributed by atoms with E-state index in [0.29, 0.717) is 44.8 Å². The normalized spacial score (nSPS) is 18.6. The lowest BCUT2D eigenvalue weighted by atomic mass is 9.83. The van der Waals surface area contributed by atoms with Crippen molar-refractivity contribution in [2.24, 2.45) is 10.1 Å². The van der Waals surface area contributed by atoms with Crippen molar-refractivity contribution >= 4 is 45.0 Å². The fraction of sp³-hybridized carbons (Fsp3) is 0.536. The average molecular weight is 746 g/mol. The van der Waals surface area contributed by atoms with E-state index in [4.69, 9.17) is 15.2 Å². The Bertz CT molecular complexity index is 1270. The Balaban J connectivity index is 0.000000336. The van der Waals surface area contributed by atoms with Crippen molar-refractivity contribution in [2.45, 2.75) is 69.1 Å². The molecule has 16 heteroatoms. The first-order valence-corrected chi connectivity index (χ1v) is 15.0. The van der Waals surface area contributed by atoms with Crippen LogP contribution in [0.25, 0.3) is 0 Å². The van der Waals surface area contributed by atoms with Crippen LogP contribution in [0.4, 0.5) is 35.1 Å². The number of ether oxygens (including phenoxy) is 2. The number of hydrogen-bond donors (Lipinski definition) is 1. The monoisotopic (exact) mass is 744 g/mol. The zero-order valence-corrected chi connectivity index (χ0v) is 27.3. The number of rotatable bonds is 2. The molecule has 2 aromatic carbocycles. The molecule has 2 N–H and O–H groups in total. The molecule has 2 heterocycles. The van der Waals surface area contributed by atoms with Gasteiger partial charge in [0.1, 0.15) is 22.6 Å². The van der Waals surface area contributed by atoms with Crippen molar-refractivity contribution in [3.8, 4) is 0 Å². The molecule has 1 unspecified atom stereocenters. The van der Waals surface area contributed by atoms with Gasteiger partial charge in [0.2, 0.25) is 0 Å². The Labute approximate surface area is 268 Å². The molecular formula is C28H34BrClF8N2O3S. The predicted octanol–water partition coefficient (Wildman–Crippen LogP) is 8.54. The average Bonchev–Trinajstić information content (AvgIpc) is 2.90. The molecule has 4 rings (SSSR count). The molecule has 2 saturated heterocycles. The van der Waals surface area contributed by atoms with Gasteiger partial charge in [-0.1, -0.05) is 6.07 Å². The highest BCUT2D eigenvalue weighted by molar-refractivity contribution is 9.10. The van der Waals surface area contributed by atoms with Crippen LogP contribution in [-0.2, 0) is 38.4 Å². The molecule has 0 aromatic heterocycles. The van der Waals surface area contributed by atoms with Crippen LogP contribution in [0.1, 0.15) is 63.1 Å². The maximum Gasteiger partial charge on any atom is 0.416 e. The van der Waals surface area contributed by atoms with Gasteiger partial charge in [-0.15, -0.1) is 12.4 Å². The second-order valence-corrected chi connectivity index (χ2v) is 13.5. The van der Waals surface area contributed by atoms with Crippen LogP contribution < -0.4 is 5.73 Å². The van der Waals surface area contributed by atoms with E-state index in [9.17, 15) is 39.3 Å². The minimum absolute atomic E-state index is 0. The smallest absolute Gasteiger partial charge is 0.381 e. The van der Waals surface area contributed by atoms with E-state index in [-0.39, 0.29) is 27.2 Å². The van der Waals surface area contributed by atoms with Gasteiger partial charge in [-0.2, -0.15) is 30.7 Å². The largest absolute Gasteiger partial charge is 0.416 e. The minimum Gasteiger partial charge on any atom is -0.381 e. The van der Waals surface area contributed by atoms with Gasteiger partial charge in [0, 0.05) is 30.9 Å². The molecule has 0 spiro atoms. The first kappa shape index (κ1) is 40.4. The van der Waals surface area contributed by atoms with Gasteiger partial charge in [0.15, 0.2) is 0 Å². The van der Waals surface area contributed by atoms with E-state index >= 15 is 0 Å². The Morgan fingerprint density at radius 3 is 1.82 bits per heavy atom. The predicted molar refractivity (Wildman–Crippen MR) is 159 cm³/mol. The Kier molecular flexibility index (Phi) is 15.4. The summed E-state index contributed by atoms with van der Waals surface area (Å²) in [5.41, 5.74) is 4.19.